The van der Waals surface area contributed by atoms with Crippen LogP contribution in [0.3, 0.4) is 0 Å². The number of rotatable bonds is 5. The molecule has 7 nitrogen and oxygen atoms in total. The lowest BCUT2D eigenvalue weighted by Crippen LogP contribution is -2.41. The molecule has 1 aliphatic heterocycles. The lowest BCUT2D eigenvalue weighted by Gasteiger charge is -2.30. The van der Waals surface area contributed by atoms with Gasteiger partial charge in [0.25, 0.3) is 0 Å². The molecule has 1 aliphatic rings. The van der Waals surface area contributed by atoms with Crippen LogP contribution in [0.1, 0.15) is 29.8 Å². The molecular formula is C24H27FN4O3S. The summed E-state index contributed by atoms with van der Waals surface area (Å²) in [6, 6.07) is 13.7. The first-order valence-electron chi connectivity index (χ1n) is 10.9. The van der Waals surface area contributed by atoms with Crippen LogP contribution < -0.4 is 5.32 Å². The number of hydrogen-bond acceptors (Lipinski definition) is 4. The average molecular weight is 471 g/mol. The number of benzene rings is 2. The molecule has 1 fully saturated rings. The highest BCUT2D eigenvalue weighted by atomic mass is 32.2. The van der Waals surface area contributed by atoms with Crippen molar-refractivity contribution in [2.75, 3.05) is 18.4 Å². The number of para-hydroxylation sites is 1. The Morgan fingerprint density at radius 3 is 2.30 bits per heavy atom. The number of aromatic nitrogens is 2. The zero-order valence-corrected chi connectivity index (χ0v) is 19.7. The monoisotopic (exact) mass is 470 g/mol. The third-order valence-corrected chi connectivity index (χ3v) is 8.21. The largest absolute Gasteiger partial charge is 0.323 e. The van der Waals surface area contributed by atoms with Crippen LogP contribution >= 0.6 is 0 Å². The van der Waals surface area contributed by atoms with Gasteiger partial charge >= 0.3 is 0 Å². The van der Waals surface area contributed by atoms with E-state index in [1.165, 1.54) is 16.4 Å². The summed E-state index contributed by atoms with van der Waals surface area (Å²) in [6.07, 6.45) is 0.730. The minimum Gasteiger partial charge on any atom is -0.323 e. The summed E-state index contributed by atoms with van der Waals surface area (Å²) in [6.45, 7) is 5.86. The molecule has 0 atom stereocenters. The molecule has 2 aromatic carbocycles. The minimum atomic E-state index is -3.78. The van der Waals surface area contributed by atoms with Crippen LogP contribution in [0, 0.1) is 32.5 Å². The fourth-order valence-corrected chi connectivity index (χ4v) is 6.05. The number of carbonyl (C=O) groups is 1. The molecule has 0 saturated carbocycles. The van der Waals surface area contributed by atoms with Gasteiger partial charge in [0.05, 0.1) is 22.8 Å². The Balaban J connectivity index is 1.49. The van der Waals surface area contributed by atoms with Crippen LogP contribution in [0.5, 0.6) is 0 Å². The maximum atomic E-state index is 13.8. The van der Waals surface area contributed by atoms with E-state index in [9.17, 15) is 17.6 Å². The molecule has 4 rings (SSSR count). The summed E-state index contributed by atoms with van der Waals surface area (Å²) in [5, 5.41) is 7.09. The number of piperidine rings is 1. The topological polar surface area (TPSA) is 84.3 Å². The Morgan fingerprint density at radius 1 is 1.03 bits per heavy atom. The van der Waals surface area contributed by atoms with Crippen LogP contribution in [-0.4, -0.2) is 41.5 Å². The highest BCUT2D eigenvalue weighted by Gasteiger charge is 2.35. The van der Waals surface area contributed by atoms with Crippen LogP contribution in [0.15, 0.2) is 53.4 Å². The van der Waals surface area contributed by atoms with E-state index in [1.807, 2.05) is 31.2 Å². The molecule has 33 heavy (non-hydrogen) atoms. The quantitative estimate of drug-likeness (QED) is 0.611. The number of amides is 1. The van der Waals surface area contributed by atoms with Gasteiger partial charge in [-0.1, -0.05) is 29.8 Å². The Labute approximate surface area is 193 Å². The van der Waals surface area contributed by atoms with Gasteiger partial charge in [-0.2, -0.15) is 9.40 Å². The molecule has 1 amide bonds. The molecule has 1 aromatic heterocycles. The van der Waals surface area contributed by atoms with E-state index in [4.69, 9.17) is 0 Å². The van der Waals surface area contributed by atoms with Crippen molar-refractivity contribution in [3.63, 3.8) is 0 Å². The summed E-state index contributed by atoms with van der Waals surface area (Å²) in [5.74, 6) is -1.17. The molecule has 1 saturated heterocycles. The zero-order chi connectivity index (χ0) is 23.8. The fraction of sp³-hybridized carbons (Fsp3) is 0.333. The van der Waals surface area contributed by atoms with Gasteiger partial charge in [-0.25, -0.2) is 17.5 Å². The normalized spacial score (nSPS) is 15.5. The Hall–Kier alpha value is -3.04. The van der Waals surface area contributed by atoms with Gasteiger partial charge < -0.3 is 5.32 Å². The highest BCUT2D eigenvalue weighted by Crippen LogP contribution is 2.29. The molecule has 0 radical (unpaired) electrons. The van der Waals surface area contributed by atoms with Gasteiger partial charge in [0.1, 0.15) is 10.7 Å². The first kappa shape index (κ1) is 23.1. The summed E-state index contributed by atoms with van der Waals surface area (Å²) >= 11 is 0. The van der Waals surface area contributed by atoms with Gasteiger partial charge in [-0.05, 0) is 57.9 Å². The minimum absolute atomic E-state index is 0.132. The molecule has 0 bridgehead atoms. The number of aryl methyl sites for hydroxylation is 2. The van der Waals surface area contributed by atoms with Gasteiger partial charge in [-0.15, -0.1) is 0 Å². The fourth-order valence-electron chi connectivity index (χ4n) is 4.22. The van der Waals surface area contributed by atoms with Gasteiger partial charge in [-0.3, -0.25) is 4.79 Å². The number of hydrogen-bond donors (Lipinski definition) is 1. The van der Waals surface area contributed by atoms with Crippen LogP contribution in [-0.2, 0) is 14.8 Å². The summed E-state index contributed by atoms with van der Waals surface area (Å²) in [7, 11) is -3.78. The van der Waals surface area contributed by atoms with Gasteiger partial charge in [0, 0.05) is 19.0 Å². The first-order chi connectivity index (χ1) is 15.7. The number of nitrogens with zero attached hydrogens (tertiary/aromatic N) is 3. The van der Waals surface area contributed by atoms with Crippen molar-refractivity contribution < 1.29 is 17.6 Å². The van der Waals surface area contributed by atoms with Gasteiger partial charge in [0.15, 0.2) is 0 Å². The number of anilines is 1. The van der Waals surface area contributed by atoms with Crippen molar-refractivity contribution in [3.05, 3.63) is 71.3 Å². The zero-order valence-electron chi connectivity index (χ0n) is 18.9. The Bertz CT molecular complexity index is 1280. The van der Waals surface area contributed by atoms with Crippen molar-refractivity contribution in [1.82, 2.24) is 14.1 Å². The lowest BCUT2D eigenvalue weighted by atomic mass is 9.97. The number of halogens is 1. The predicted molar refractivity (Wildman–Crippen MR) is 124 cm³/mol. The van der Waals surface area contributed by atoms with Crippen molar-refractivity contribution in [1.29, 1.82) is 0 Å². The second-order valence-corrected chi connectivity index (χ2v) is 10.3. The molecule has 9 heteroatoms. The predicted octanol–water partition coefficient (Wildman–Crippen LogP) is 3.98. The number of carbonyl (C=O) groups excluding carboxylic acids is 1. The molecule has 1 N–H and O–H groups in total. The summed E-state index contributed by atoms with van der Waals surface area (Å²) in [4.78, 5) is 12.8. The number of sulfonamides is 1. The SMILES string of the molecule is Cc1ccc(-n2nc(C)c(S(=O)(=O)N3CCC(C(=O)Nc4ccccc4F)CC3)c2C)cc1. The van der Waals surface area contributed by atoms with E-state index >= 15 is 0 Å². The molecule has 3 aromatic rings. The summed E-state index contributed by atoms with van der Waals surface area (Å²) < 4.78 is 43.8. The molecular weight excluding hydrogens is 443 g/mol. The van der Waals surface area contributed by atoms with E-state index in [0.717, 1.165) is 11.3 Å². The van der Waals surface area contributed by atoms with Crippen molar-refractivity contribution >= 4 is 21.6 Å². The van der Waals surface area contributed by atoms with Crippen molar-refractivity contribution in [2.24, 2.45) is 5.92 Å². The third-order valence-electron chi connectivity index (χ3n) is 6.06. The highest BCUT2D eigenvalue weighted by molar-refractivity contribution is 7.89. The van der Waals surface area contributed by atoms with Crippen molar-refractivity contribution in [3.8, 4) is 5.69 Å². The standard InChI is InChI=1S/C24H27FN4O3S/c1-16-8-10-20(11-9-16)29-18(3)23(17(2)27-29)33(31,32)28-14-12-19(13-15-28)24(30)26-22-7-5-4-6-21(22)25/h4-11,19H,12-15H2,1-3H3,(H,26,30). The van der Waals surface area contributed by atoms with Gasteiger partial charge in [0.2, 0.25) is 15.9 Å². The molecule has 2 heterocycles. The molecule has 0 unspecified atom stereocenters. The first-order valence-corrected chi connectivity index (χ1v) is 12.3. The van der Waals surface area contributed by atoms with E-state index in [-0.39, 0.29) is 35.5 Å². The Kier molecular flexibility index (Phi) is 6.36. The van der Waals surface area contributed by atoms with E-state index < -0.39 is 15.8 Å². The average Bonchev–Trinajstić information content (AvgIpc) is 3.10. The summed E-state index contributed by atoms with van der Waals surface area (Å²) in [5.41, 5.74) is 3.02. The molecule has 0 spiro atoms. The van der Waals surface area contributed by atoms with E-state index in [2.05, 4.69) is 10.4 Å². The molecule has 0 aliphatic carbocycles. The smallest absolute Gasteiger partial charge is 0.246 e. The molecule has 174 valence electrons. The lowest BCUT2D eigenvalue weighted by molar-refractivity contribution is -0.120. The Morgan fingerprint density at radius 2 is 1.67 bits per heavy atom. The second kappa shape index (κ2) is 9.07. The van der Waals surface area contributed by atoms with Crippen LogP contribution in [0.25, 0.3) is 5.69 Å². The van der Waals surface area contributed by atoms with Crippen LogP contribution in [0.2, 0.25) is 0 Å². The van der Waals surface area contributed by atoms with E-state index in [1.54, 1.807) is 30.7 Å². The van der Waals surface area contributed by atoms with Crippen molar-refractivity contribution in [2.45, 2.75) is 38.5 Å². The maximum absolute atomic E-state index is 13.8. The van der Waals surface area contributed by atoms with Crippen LogP contribution in [0.4, 0.5) is 10.1 Å². The number of nitrogens with one attached hydrogen (secondary N) is 1. The van der Waals surface area contributed by atoms with E-state index in [0.29, 0.717) is 24.2 Å². The third kappa shape index (κ3) is 4.56. The maximum Gasteiger partial charge on any atom is 0.246 e. The second-order valence-electron chi connectivity index (χ2n) is 8.39.